The van der Waals surface area contributed by atoms with E-state index in [4.69, 9.17) is 10.5 Å². The molecule has 0 amide bonds. The molecular formula is C14H17N3O2. The second-order valence-electron chi connectivity index (χ2n) is 4.43. The van der Waals surface area contributed by atoms with Crippen LogP contribution in [0.3, 0.4) is 0 Å². The van der Waals surface area contributed by atoms with Gasteiger partial charge in [-0.1, -0.05) is 12.1 Å². The summed E-state index contributed by atoms with van der Waals surface area (Å²) < 4.78 is 6.50. The number of nitrogens with two attached hydrogens (primary N) is 1. The van der Waals surface area contributed by atoms with E-state index in [1.54, 1.807) is 27.1 Å². The quantitative estimate of drug-likeness (QED) is 0.906. The minimum atomic E-state index is -0.328. The highest BCUT2D eigenvalue weighted by Gasteiger charge is 2.11. The minimum absolute atomic E-state index is 0.165. The Morgan fingerprint density at radius 1 is 1.37 bits per heavy atom. The third-order valence-corrected chi connectivity index (χ3v) is 2.95. The number of benzene rings is 1. The summed E-state index contributed by atoms with van der Waals surface area (Å²) in [5, 5.41) is 4.25. The summed E-state index contributed by atoms with van der Waals surface area (Å²) in [6, 6.07) is 8.94. The Labute approximate surface area is 111 Å². The van der Waals surface area contributed by atoms with Gasteiger partial charge in [-0.3, -0.25) is 4.79 Å². The fourth-order valence-electron chi connectivity index (χ4n) is 1.88. The lowest BCUT2D eigenvalue weighted by molar-refractivity contribution is 0.415. The summed E-state index contributed by atoms with van der Waals surface area (Å²) in [6.07, 6.45) is 0. The number of rotatable bonds is 3. The van der Waals surface area contributed by atoms with Gasteiger partial charge in [0.05, 0.1) is 12.8 Å². The molecule has 1 atom stereocenters. The predicted octanol–water partition coefficient (Wildman–Crippen LogP) is 1.48. The maximum atomic E-state index is 11.9. The SMILES string of the molecule is COc1cccc(-c2cc(C(C)N)c(=O)n(C)n2)c1. The van der Waals surface area contributed by atoms with E-state index in [0.717, 1.165) is 11.3 Å². The van der Waals surface area contributed by atoms with Crippen molar-refractivity contribution in [1.29, 1.82) is 0 Å². The fraction of sp³-hybridized carbons (Fsp3) is 0.286. The van der Waals surface area contributed by atoms with Crippen molar-refractivity contribution < 1.29 is 4.74 Å². The van der Waals surface area contributed by atoms with Crippen LogP contribution >= 0.6 is 0 Å². The molecule has 0 aliphatic carbocycles. The number of nitrogens with zero attached hydrogens (tertiary/aromatic N) is 2. The van der Waals surface area contributed by atoms with Gasteiger partial charge in [-0.25, -0.2) is 4.68 Å². The topological polar surface area (TPSA) is 70.1 Å². The van der Waals surface area contributed by atoms with Crippen LogP contribution in [0.2, 0.25) is 0 Å². The second kappa shape index (κ2) is 5.24. The first-order chi connectivity index (χ1) is 9.02. The van der Waals surface area contributed by atoms with Crippen LogP contribution in [0, 0.1) is 0 Å². The van der Waals surface area contributed by atoms with E-state index in [2.05, 4.69) is 5.10 Å². The highest BCUT2D eigenvalue weighted by molar-refractivity contribution is 5.61. The summed E-state index contributed by atoms with van der Waals surface area (Å²) in [7, 11) is 3.23. The van der Waals surface area contributed by atoms with Gasteiger partial charge >= 0.3 is 0 Å². The molecule has 0 radical (unpaired) electrons. The van der Waals surface area contributed by atoms with Crippen LogP contribution in [0.4, 0.5) is 0 Å². The molecule has 0 spiro atoms. The molecule has 1 aromatic heterocycles. The minimum Gasteiger partial charge on any atom is -0.497 e. The van der Waals surface area contributed by atoms with Crippen LogP contribution in [0.5, 0.6) is 5.75 Å². The van der Waals surface area contributed by atoms with Crippen molar-refractivity contribution in [2.75, 3.05) is 7.11 Å². The first-order valence-electron chi connectivity index (χ1n) is 6.01. The first-order valence-corrected chi connectivity index (χ1v) is 6.01. The smallest absolute Gasteiger partial charge is 0.271 e. The van der Waals surface area contributed by atoms with Crippen LogP contribution in [0.1, 0.15) is 18.5 Å². The Morgan fingerprint density at radius 2 is 2.11 bits per heavy atom. The first kappa shape index (κ1) is 13.3. The van der Waals surface area contributed by atoms with Gasteiger partial charge in [-0.05, 0) is 25.1 Å². The van der Waals surface area contributed by atoms with E-state index < -0.39 is 0 Å². The molecule has 100 valence electrons. The largest absolute Gasteiger partial charge is 0.497 e. The number of ether oxygens (including phenoxy) is 1. The molecule has 0 fully saturated rings. The molecular weight excluding hydrogens is 242 g/mol. The third kappa shape index (κ3) is 2.66. The Morgan fingerprint density at radius 3 is 2.74 bits per heavy atom. The van der Waals surface area contributed by atoms with Gasteiger partial charge in [0.1, 0.15) is 5.75 Å². The Balaban J connectivity index is 2.59. The molecule has 1 unspecified atom stereocenters. The average Bonchev–Trinajstić information content (AvgIpc) is 2.41. The van der Waals surface area contributed by atoms with Gasteiger partial charge in [-0.2, -0.15) is 5.10 Å². The van der Waals surface area contributed by atoms with E-state index in [1.165, 1.54) is 4.68 Å². The van der Waals surface area contributed by atoms with Gasteiger partial charge in [0.25, 0.3) is 5.56 Å². The van der Waals surface area contributed by atoms with Crippen LogP contribution in [0.15, 0.2) is 35.1 Å². The second-order valence-corrected chi connectivity index (χ2v) is 4.43. The highest BCUT2D eigenvalue weighted by Crippen LogP contribution is 2.22. The summed E-state index contributed by atoms with van der Waals surface area (Å²) >= 11 is 0. The number of hydrogen-bond donors (Lipinski definition) is 1. The molecule has 19 heavy (non-hydrogen) atoms. The molecule has 5 nitrogen and oxygen atoms in total. The lowest BCUT2D eigenvalue weighted by Gasteiger charge is -2.10. The molecule has 1 aromatic carbocycles. The predicted molar refractivity (Wildman–Crippen MR) is 74.1 cm³/mol. The summed E-state index contributed by atoms with van der Waals surface area (Å²) in [5.41, 5.74) is 7.79. The van der Waals surface area contributed by atoms with Crippen LogP contribution in [0.25, 0.3) is 11.3 Å². The van der Waals surface area contributed by atoms with E-state index in [-0.39, 0.29) is 11.6 Å². The lowest BCUT2D eigenvalue weighted by atomic mass is 10.1. The van der Waals surface area contributed by atoms with Crippen molar-refractivity contribution in [3.05, 3.63) is 46.2 Å². The number of methoxy groups -OCH3 is 1. The zero-order valence-electron chi connectivity index (χ0n) is 11.3. The van der Waals surface area contributed by atoms with E-state index >= 15 is 0 Å². The van der Waals surface area contributed by atoms with Crippen molar-refractivity contribution in [3.8, 4) is 17.0 Å². The molecule has 2 N–H and O–H groups in total. The van der Waals surface area contributed by atoms with E-state index in [9.17, 15) is 4.79 Å². The fourth-order valence-corrected chi connectivity index (χ4v) is 1.88. The van der Waals surface area contributed by atoms with Crippen molar-refractivity contribution >= 4 is 0 Å². The molecule has 2 aromatic rings. The Bertz CT molecular complexity index is 647. The molecule has 5 heteroatoms. The monoisotopic (exact) mass is 259 g/mol. The number of aromatic nitrogens is 2. The zero-order chi connectivity index (χ0) is 14.0. The highest BCUT2D eigenvalue weighted by atomic mass is 16.5. The maximum Gasteiger partial charge on any atom is 0.271 e. The van der Waals surface area contributed by atoms with Crippen molar-refractivity contribution in [3.63, 3.8) is 0 Å². The average molecular weight is 259 g/mol. The van der Waals surface area contributed by atoms with Gasteiger partial charge in [0.15, 0.2) is 0 Å². The maximum absolute atomic E-state index is 11.9. The van der Waals surface area contributed by atoms with Gasteiger partial charge in [0.2, 0.25) is 0 Å². The van der Waals surface area contributed by atoms with Gasteiger partial charge in [-0.15, -0.1) is 0 Å². The molecule has 0 saturated carbocycles. The van der Waals surface area contributed by atoms with Gasteiger partial charge < -0.3 is 10.5 Å². The molecule has 2 rings (SSSR count). The molecule has 0 aliphatic heterocycles. The summed E-state index contributed by atoms with van der Waals surface area (Å²) in [4.78, 5) is 11.9. The summed E-state index contributed by atoms with van der Waals surface area (Å²) in [5.74, 6) is 0.746. The van der Waals surface area contributed by atoms with Crippen molar-refractivity contribution in [2.24, 2.45) is 12.8 Å². The molecule has 0 saturated heterocycles. The van der Waals surface area contributed by atoms with Gasteiger partial charge in [0, 0.05) is 24.2 Å². The van der Waals surface area contributed by atoms with E-state index in [1.807, 2.05) is 24.3 Å². The number of hydrogen-bond acceptors (Lipinski definition) is 4. The standard InChI is InChI=1S/C14H17N3O2/c1-9(15)12-8-13(16-17(2)14(12)18)10-5-4-6-11(7-10)19-3/h4-9H,15H2,1-3H3. The third-order valence-electron chi connectivity index (χ3n) is 2.95. The molecule has 0 aliphatic rings. The summed E-state index contributed by atoms with van der Waals surface area (Å²) in [6.45, 7) is 1.78. The lowest BCUT2D eigenvalue weighted by Crippen LogP contribution is -2.27. The van der Waals surface area contributed by atoms with Crippen LogP contribution in [-0.2, 0) is 7.05 Å². The Hall–Kier alpha value is -2.14. The van der Waals surface area contributed by atoms with Crippen molar-refractivity contribution in [2.45, 2.75) is 13.0 Å². The molecule has 0 bridgehead atoms. The van der Waals surface area contributed by atoms with Crippen LogP contribution < -0.4 is 16.0 Å². The zero-order valence-corrected chi connectivity index (χ0v) is 11.3. The van der Waals surface area contributed by atoms with Crippen LogP contribution in [-0.4, -0.2) is 16.9 Å². The normalized spacial score (nSPS) is 12.2. The van der Waals surface area contributed by atoms with Crippen molar-refractivity contribution in [1.82, 2.24) is 9.78 Å². The number of aryl methyl sites for hydroxylation is 1. The Kier molecular flexibility index (Phi) is 3.66. The molecule has 1 heterocycles. The van der Waals surface area contributed by atoms with E-state index in [0.29, 0.717) is 11.3 Å².